The van der Waals surface area contributed by atoms with Crippen LogP contribution < -0.4 is 83.5 Å². The van der Waals surface area contributed by atoms with Crippen molar-refractivity contribution in [1.82, 2.24) is 0 Å². The maximum absolute atomic E-state index is 11.9. The zero-order valence-corrected chi connectivity index (χ0v) is 20.6. The molecule has 0 saturated carbocycles. The zero-order valence-electron chi connectivity index (χ0n) is 15.0. The number of halogens is 1. The Hall–Kier alpha value is -0.310. The second-order valence-corrected chi connectivity index (χ2v) is 6.30. The van der Waals surface area contributed by atoms with Crippen molar-refractivity contribution in [3.63, 3.8) is 0 Å². The molecule has 0 unspecified atom stereocenters. The number of nitrogens with one attached hydrogen (secondary N) is 1. The van der Waals surface area contributed by atoms with Crippen LogP contribution in [-0.2, 0) is 9.36 Å². The molecule has 0 spiro atoms. The monoisotopic (exact) mass is 427 g/mol. The molecule has 0 aliphatic rings. The SMILES string of the molecule is COc1ccc(/C=C/C(=O)Nc2cccc(Cl)c2)cc1OP(=O)([O-])[O-].[Na+].[Na+]. The average Bonchev–Trinajstić information content (AvgIpc) is 2.51. The number of phosphoric ester groups is 1. The Labute approximate surface area is 205 Å². The van der Waals surface area contributed by atoms with Crippen molar-refractivity contribution < 1.29 is 87.5 Å². The number of methoxy groups -OCH3 is 1. The van der Waals surface area contributed by atoms with Crippen LogP contribution in [0.1, 0.15) is 5.56 Å². The molecule has 132 valence electrons. The van der Waals surface area contributed by atoms with Gasteiger partial charge in [-0.1, -0.05) is 23.7 Å². The van der Waals surface area contributed by atoms with Gasteiger partial charge in [0.1, 0.15) is 7.82 Å². The van der Waals surface area contributed by atoms with Crippen molar-refractivity contribution in [2.24, 2.45) is 0 Å². The fraction of sp³-hybridized carbons (Fsp3) is 0.0625. The van der Waals surface area contributed by atoms with E-state index in [1.165, 1.54) is 31.4 Å². The van der Waals surface area contributed by atoms with Gasteiger partial charge in [0.15, 0.2) is 11.5 Å². The number of hydrogen-bond donors (Lipinski definition) is 1. The van der Waals surface area contributed by atoms with Gasteiger partial charge in [0.05, 0.1) is 7.11 Å². The Bertz CT molecular complexity index is 859. The third-order valence-electron chi connectivity index (χ3n) is 2.92. The van der Waals surface area contributed by atoms with E-state index in [2.05, 4.69) is 9.84 Å². The van der Waals surface area contributed by atoms with E-state index in [4.69, 9.17) is 16.3 Å². The number of phosphoric acid groups is 1. The van der Waals surface area contributed by atoms with E-state index >= 15 is 0 Å². The molecule has 0 atom stereocenters. The van der Waals surface area contributed by atoms with Gasteiger partial charge in [0.2, 0.25) is 5.91 Å². The number of ether oxygens (including phenoxy) is 1. The molecule has 2 aromatic carbocycles. The smallest absolute Gasteiger partial charge is 0.780 e. The first-order valence-electron chi connectivity index (χ1n) is 6.91. The van der Waals surface area contributed by atoms with E-state index in [1.54, 1.807) is 30.3 Å². The van der Waals surface area contributed by atoms with Crippen LogP contribution in [0, 0.1) is 0 Å². The molecule has 7 nitrogen and oxygen atoms in total. The van der Waals surface area contributed by atoms with Gasteiger partial charge < -0.3 is 28.9 Å². The summed E-state index contributed by atoms with van der Waals surface area (Å²) in [4.78, 5) is 33.4. The van der Waals surface area contributed by atoms with E-state index in [1.807, 2.05) is 0 Å². The number of anilines is 1. The van der Waals surface area contributed by atoms with Gasteiger partial charge in [0.25, 0.3) is 0 Å². The molecule has 0 radical (unpaired) electrons. The van der Waals surface area contributed by atoms with E-state index in [-0.39, 0.29) is 70.6 Å². The second-order valence-electron chi connectivity index (χ2n) is 4.78. The maximum atomic E-state index is 11.9. The van der Waals surface area contributed by atoms with Gasteiger partial charge in [-0.2, -0.15) is 0 Å². The minimum atomic E-state index is -5.23. The minimum Gasteiger partial charge on any atom is -0.780 e. The molecule has 0 aliphatic carbocycles. The van der Waals surface area contributed by atoms with Crippen molar-refractivity contribution in [2.45, 2.75) is 0 Å². The Balaban J connectivity index is 0.00000338. The van der Waals surface area contributed by atoms with E-state index < -0.39 is 13.7 Å². The van der Waals surface area contributed by atoms with Crippen molar-refractivity contribution >= 4 is 37.1 Å². The van der Waals surface area contributed by atoms with Gasteiger partial charge in [0, 0.05) is 16.8 Å². The van der Waals surface area contributed by atoms with E-state index in [9.17, 15) is 19.1 Å². The van der Waals surface area contributed by atoms with Crippen LogP contribution in [0.2, 0.25) is 5.02 Å². The third-order valence-corrected chi connectivity index (χ3v) is 3.57. The van der Waals surface area contributed by atoms with Crippen molar-refractivity contribution in [1.29, 1.82) is 0 Å². The molecule has 0 saturated heterocycles. The van der Waals surface area contributed by atoms with Crippen LogP contribution in [0.15, 0.2) is 48.5 Å². The van der Waals surface area contributed by atoms with E-state index in [0.717, 1.165) is 0 Å². The predicted octanol–water partition coefficient (Wildman–Crippen LogP) is -3.78. The summed E-state index contributed by atoms with van der Waals surface area (Å²) in [5, 5.41) is 3.10. The Morgan fingerprint density at radius 1 is 1.15 bits per heavy atom. The van der Waals surface area contributed by atoms with Crippen LogP contribution in [0.25, 0.3) is 6.08 Å². The molecule has 0 aliphatic heterocycles. The fourth-order valence-electron chi connectivity index (χ4n) is 1.91. The summed E-state index contributed by atoms with van der Waals surface area (Å²) < 4.78 is 20.1. The van der Waals surface area contributed by atoms with Gasteiger partial charge >= 0.3 is 59.1 Å². The van der Waals surface area contributed by atoms with Crippen molar-refractivity contribution in [2.75, 3.05) is 12.4 Å². The molecule has 0 heterocycles. The summed E-state index contributed by atoms with van der Waals surface area (Å²) >= 11 is 5.83. The number of amides is 1. The molecule has 11 heteroatoms. The topological polar surface area (TPSA) is 111 Å². The molecule has 27 heavy (non-hydrogen) atoms. The summed E-state index contributed by atoms with van der Waals surface area (Å²) in [7, 11) is -3.93. The zero-order chi connectivity index (χ0) is 18.4. The van der Waals surface area contributed by atoms with Gasteiger partial charge in [-0.05, 0) is 42.0 Å². The Morgan fingerprint density at radius 3 is 2.44 bits per heavy atom. The first kappa shape index (κ1) is 26.7. The quantitative estimate of drug-likeness (QED) is 0.288. The largest absolute Gasteiger partial charge is 1.00 e. The molecule has 0 bridgehead atoms. The van der Waals surface area contributed by atoms with Crippen LogP contribution in [0.4, 0.5) is 5.69 Å². The normalized spacial score (nSPS) is 10.5. The summed E-state index contributed by atoms with van der Waals surface area (Å²) in [5.74, 6) is -0.598. The number of carbonyl (C=O) groups is 1. The van der Waals surface area contributed by atoms with Crippen molar-refractivity contribution in [3.8, 4) is 11.5 Å². The average molecular weight is 428 g/mol. The standard InChI is InChI=1S/C16H15ClNO6P.2Na/c1-23-14-7-5-11(9-15(14)24-25(20,21)22)6-8-16(19)18-13-4-2-3-12(17)10-13;;/h2-10H,1H3,(H,18,19)(H2,20,21,22);;/q;2*+1/p-2/b8-6+;;. The Kier molecular flexibility index (Phi) is 12.2. The van der Waals surface area contributed by atoms with Gasteiger partial charge in [-0.25, -0.2) is 0 Å². The fourth-order valence-corrected chi connectivity index (χ4v) is 2.48. The molecule has 1 N–H and O–H groups in total. The Morgan fingerprint density at radius 2 is 1.85 bits per heavy atom. The summed E-state index contributed by atoms with van der Waals surface area (Å²) in [6.07, 6.45) is 2.66. The third kappa shape index (κ3) is 9.63. The summed E-state index contributed by atoms with van der Waals surface area (Å²) in [6.45, 7) is 0. The second kappa shape index (κ2) is 12.3. The predicted molar refractivity (Wildman–Crippen MR) is 90.3 cm³/mol. The molecule has 2 aromatic rings. The molecule has 0 aromatic heterocycles. The van der Waals surface area contributed by atoms with Gasteiger partial charge in [-0.3, -0.25) is 4.79 Å². The van der Waals surface area contributed by atoms with Crippen LogP contribution in [0.3, 0.4) is 0 Å². The van der Waals surface area contributed by atoms with Crippen LogP contribution in [0.5, 0.6) is 11.5 Å². The first-order chi connectivity index (χ1) is 11.8. The summed E-state index contributed by atoms with van der Waals surface area (Å²) in [5.41, 5.74) is 0.963. The summed E-state index contributed by atoms with van der Waals surface area (Å²) in [6, 6.07) is 10.9. The van der Waals surface area contributed by atoms with Crippen LogP contribution >= 0.6 is 19.4 Å². The van der Waals surface area contributed by atoms with Crippen molar-refractivity contribution in [3.05, 3.63) is 59.1 Å². The number of carbonyl (C=O) groups excluding carboxylic acids is 1. The maximum Gasteiger partial charge on any atom is 1.00 e. The molecular weight excluding hydrogens is 415 g/mol. The number of rotatable bonds is 6. The molecule has 0 fully saturated rings. The first-order valence-corrected chi connectivity index (χ1v) is 8.75. The molecule has 2 rings (SSSR count). The van der Waals surface area contributed by atoms with E-state index in [0.29, 0.717) is 16.3 Å². The minimum absolute atomic E-state index is 0. The number of benzene rings is 2. The molecule has 1 amide bonds. The van der Waals surface area contributed by atoms with Gasteiger partial charge in [-0.15, -0.1) is 0 Å². The molecular formula is C16H13ClNNa2O6P. The van der Waals surface area contributed by atoms with Crippen LogP contribution in [-0.4, -0.2) is 13.0 Å². The number of hydrogen-bond acceptors (Lipinski definition) is 6.